The molecule has 6 rings (SSSR count). The summed E-state index contributed by atoms with van der Waals surface area (Å²) in [5.41, 5.74) is 2.00. The summed E-state index contributed by atoms with van der Waals surface area (Å²) in [6, 6.07) is 18.1. The van der Waals surface area contributed by atoms with Gasteiger partial charge in [-0.1, -0.05) is 12.1 Å². The maximum Gasteiger partial charge on any atom is 0.387 e. The fourth-order valence-corrected chi connectivity index (χ4v) is 11.2. The van der Waals surface area contributed by atoms with Crippen LogP contribution in [0.25, 0.3) is 0 Å². The number of aliphatic hydroxyl groups is 1. The summed E-state index contributed by atoms with van der Waals surface area (Å²) in [5, 5.41) is 11.0. The summed E-state index contributed by atoms with van der Waals surface area (Å²) in [7, 11) is 0. The number of aliphatic hydroxyl groups excluding tert-OH is 1. The van der Waals surface area contributed by atoms with Crippen molar-refractivity contribution in [2.45, 2.75) is 40.8 Å². The first-order valence-electron chi connectivity index (χ1n) is 15.5. The molecular formula is C36H32F8O4S4. The zero-order valence-electron chi connectivity index (χ0n) is 27.0. The molecule has 52 heavy (non-hydrogen) atoms. The molecule has 2 heterocycles. The third-order valence-corrected chi connectivity index (χ3v) is 13.7. The second kappa shape index (κ2) is 20.4. The Morgan fingerprint density at radius 3 is 1.56 bits per heavy atom. The van der Waals surface area contributed by atoms with Crippen molar-refractivity contribution in [2.24, 2.45) is 0 Å². The monoisotopic (exact) mass is 808 g/mol. The number of carbonyl (C=O) groups excluding carboxylic acids is 1. The third kappa shape index (κ3) is 12.5. The smallest absolute Gasteiger partial charge is 0.387 e. The Hall–Kier alpha value is -3.05. The molecule has 2 aliphatic heterocycles. The normalized spacial score (nSPS) is 16.2. The van der Waals surface area contributed by atoms with E-state index in [4.69, 9.17) is 0 Å². The molecule has 0 spiro atoms. The standard InChI is InChI=1S/C18H16F4O2S2.C10H10F2S2.C8H6F2O2/c19-13-8-12(9-14(20)10-13)18(25-6-1-7-26-18)16(23)11-2-4-15(5-3-11)24-17(21)22;11-8-4-7(5-9(12)6-8)10-13-2-1-3-14-10;9-8(10)12-7-3-1-6(5-11)2-4-7/h2-5,8-10,16-17,23H,1,6-7H2;4-6,10H,1-3H2;1-5,8H. The first kappa shape index (κ1) is 41.7. The lowest BCUT2D eigenvalue weighted by Gasteiger charge is -2.40. The fourth-order valence-electron chi connectivity index (χ4n) is 4.96. The molecule has 0 amide bonds. The van der Waals surface area contributed by atoms with Gasteiger partial charge in [-0.05, 0) is 113 Å². The maximum absolute atomic E-state index is 13.8. The van der Waals surface area contributed by atoms with Crippen LogP contribution in [0.3, 0.4) is 0 Å². The second-order valence-corrected chi connectivity index (χ2v) is 16.6. The van der Waals surface area contributed by atoms with E-state index in [-0.39, 0.29) is 16.1 Å². The van der Waals surface area contributed by atoms with E-state index in [1.54, 1.807) is 23.5 Å². The fraction of sp³-hybridized carbons (Fsp3) is 0.306. The lowest BCUT2D eigenvalue weighted by molar-refractivity contribution is -0.0505. The minimum Gasteiger partial charge on any atom is -0.435 e. The van der Waals surface area contributed by atoms with Gasteiger partial charge in [0.1, 0.15) is 51.2 Å². The maximum atomic E-state index is 13.8. The quantitative estimate of drug-likeness (QED) is 0.133. The molecule has 1 unspecified atom stereocenters. The van der Waals surface area contributed by atoms with Gasteiger partial charge in [0.2, 0.25) is 0 Å². The van der Waals surface area contributed by atoms with Crippen LogP contribution in [0.15, 0.2) is 84.9 Å². The molecule has 0 aliphatic carbocycles. The van der Waals surface area contributed by atoms with Crippen LogP contribution < -0.4 is 9.47 Å². The Labute approximate surface area is 312 Å². The molecule has 4 aromatic carbocycles. The summed E-state index contributed by atoms with van der Waals surface area (Å²) >= 11 is 6.38. The molecule has 4 aromatic rings. The highest BCUT2D eigenvalue weighted by Crippen LogP contribution is 2.57. The summed E-state index contributed by atoms with van der Waals surface area (Å²) in [4.78, 5) is 10.2. The summed E-state index contributed by atoms with van der Waals surface area (Å²) < 4.78 is 109. The first-order valence-corrected chi connectivity index (χ1v) is 19.6. The van der Waals surface area contributed by atoms with Crippen molar-refractivity contribution in [3.8, 4) is 11.5 Å². The van der Waals surface area contributed by atoms with Crippen LogP contribution in [0.2, 0.25) is 0 Å². The number of ether oxygens (including phenoxy) is 2. The van der Waals surface area contributed by atoms with Crippen molar-refractivity contribution in [1.82, 2.24) is 0 Å². The highest BCUT2D eigenvalue weighted by atomic mass is 32.2. The number of halogens is 8. The molecule has 16 heteroatoms. The molecule has 0 bridgehead atoms. The number of aldehydes is 1. The highest BCUT2D eigenvalue weighted by Gasteiger charge is 2.44. The lowest BCUT2D eigenvalue weighted by atomic mass is 9.99. The van der Waals surface area contributed by atoms with E-state index in [1.807, 2.05) is 0 Å². The van der Waals surface area contributed by atoms with E-state index in [1.165, 1.54) is 103 Å². The van der Waals surface area contributed by atoms with Crippen molar-refractivity contribution in [3.05, 3.63) is 130 Å². The minimum absolute atomic E-state index is 0.0225. The van der Waals surface area contributed by atoms with E-state index in [2.05, 4.69) is 9.47 Å². The van der Waals surface area contributed by atoms with Crippen molar-refractivity contribution in [1.29, 1.82) is 0 Å². The van der Waals surface area contributed by atoms with E-state index in [0.29, 0.717) is 23.0 Å². The molecule has 4 nitrogen and oxygen atoms in total. The zero-order valence-corrected chi connectivity index (χ0v) is 30.3. The van der Waals surface area contributed by atoms with Gasteiger partial charge >= 0.3 is 13.2 Å². The van der Waals surface area contributed by atoms with Gasteiger partial charge in [-0.2, -0.15) is 17.6 Å². The zero-order chi connectivity index (χ0) is 37.7. The topological polar surface area (TPSA) is 55.8 Å². The van der Waals surface area contributed by atoms with Crippen LogP contribution in [-0.4, -0.2) is 47.6 Å². The van der Waals surface area contributed by atoms with Gasteiger partial charge < -0.3 is 14.6 Å². The summed E-state index contributed by atoms with van der Waals surface area (Å²) in [6.07, 6.45) is 1.65. The van der Waals surface area contributed by atoms with Crippen molar-refractivity contribution < 1.29 is 54.5 Å². The first-order chi connectivity index (χ1) is 24.9. The van der Waals surface area contributed by atoms with Gasteiger partial charge in [0, 0.05) is 17.7 Å². The number of carbonyl (C=O) groups is 1. The Kier molecular flexibility index (Phi) is 16.4. The molecule has 1 atom stereocenters. The van der Waals surface area contributed by atoms with Crippen LogP contribution in [0.4, 0.5) is 35.1 Å². The van der Waals surface area contributed by atoms with Gasteiger partial charge in [0.25, 0.3) is 0 Å². The molecule has 2 fully saturated rings. The number of rotatable bonds is 9. The van der Waals surface area contributed by atoms with E-state index in [0.717, 1.165) is 47.1 Å². The summed E-state index contributed by atoms with van der Waals surface area (Å²) in [5.74, 6) is 1.27. The largest absolute Gasteiger partial charge is 0.435 e. The number of benzene rings is 4. The van der Waals surface area contributed by atoms with Crippen molar-refractivity contribution in [3.63, 3.8) is 0 Å². The van der Waals surface area contributed by atoms with Gasteiger partial charge in [0.15, 0.2) is 0 Å². The van der Waals surface area contributed by atoms with E-state index in [9.17, 15) is 45.0 Å². The Morgan fingerprint density at radius 1 is 0.654 bits per heavy atom. The number of alkyl halides is 4. The molecule has 2 aliphatic rings. The average Bonchev–Trinajstić information content (AvgIpc) is 3.12. The molecular weight excluding hydrogens is 777 g/mol. The third-order valence-electron chi connectivity index (χ3n) is 7.19. The Morgan fingerprint density at radius 2 is 1.10 bits per heavy atom. The molecule has 0 radical (unpaired) electrons. The van der Waals surface area contributed by atoms with Crippen molar-refractivity contribution in [2.75, 3.05) is 23.0 Å². The molecule has 280 valence electrons. The van der Waals surface area contributed by atoms with Crippen LogP contribution in [0, 0.1) is 23.3 Å². The second-order valence-electron chi connectivity index (χ2n) is 10.9. The van der Waals surface area contributed by atoms with Gasteiger partial charge in [-0.3, -0.25) is 4.79 Å². The molecule has 1 N–H and O–H groups in total. The molecule has 0 saturated carbocycles. The predicted octanol–water partition coefficient (Wildman–Crippen LogP) is 11.3. The number of hydrogen-bond acceptors (Lipinski definition) is 8. The number of hydrogen-bond donors (Lipinski definition) is 1. The van der Waals surface area contributed by atoms with E-state index >= 15 is 0 Å². The van der Waals surface area contributed by atoms with Gasteiger partial charge in [0.05, 0.1) is 4.58 Å². The van der Waals surface area contributed by atoms with E-state index < -0.39 is 46.7 Å². The van der Waals surface area contributed by atoms with Crippen molar-refractivity contribution >= 4 is 53.3 Å². The highest BCUT2D eigenvalue weighted by molar-refractivity contribution is 8.18. The lowest BCUT2D eigenvalue weighted by Crippen LogP contribution is -2.30. The van der Waals surface area contributed by atoms with Gasteiger partial charge in [-0.15, -0.1) is 47.0 Å². The molecule has 2 saturated heterocycles. The predicted molar refractivity (Wildman–Crippen MR) is 193 cm³/mol. The summed E-state index contributed by atoms with van der Waals surface area (Å²) in [6.45, 7) is -5.76. The van der Waals surface area contributed by atoms with Crippen LogP contribution in [-0.2, 0) is 4.08 Å². The molecule has 0 aromatic heterocycles. The minimum atomic E-state index is -2.93. The Balaban J connectivity index is 0.000000195. The van der Waals surface area contributed by atoms with Crippen LogP contribution >= 0.6 is 47.0 Å². The Bertz CT molecular complexity index is 1670. The van der Waals surface area contributed by atoms with Crippen LogP contribution in [0.1, 0.15) is 50.6 Å². The SMILES string of the molecule is Fc1cc(F)cc(C2SCCCS2)c1.O=Cc1ccc(OC(F)F)cc1.OC(c1ccc(OC(F)F)cc1)C1(c2cc(F)cc(F)c2)SCCCS1. The average molecular weight is 809 g/mol. The van der Waals surface area contributed by atoms with Gasteiger partial charge in [-0.25, -0.2) is 17.6 Å². The van der Waals surface area contributed by atoms with Crippen LogP contribution in [0.5, 0.6) is 11.5 Å². The number of thioether (sulfide) groups is 4.